The smallest absolute Gasteiger partial charge is 0.417 e. The Hall–Kier alpha value is -0.570. The molecule has 3 heteroatoms. The maximum atomic E-state index is 9.57. The van der Waals surface area contributed by atoms with E-state index in [-0.39, 0.29) is 0 Å². The molecule has 1 fully saturated rings. The summed E-state index contributed by atoms with van der Waals surface area (Å²) in [6.07, 6.45) is 1.00. The van der Waals surface area contributed by atoms with Gasteiger partial charge >= 0.3 is 6.47 Å². The standard InChI is InChI=1S/C6H9O3/c7-5-9-4-6-1-2-8-3-6/h6H,1-4H2. The zero-order chi connectivity index (χ0) is 6.53. The Morgan fingerprint density at radius 1 is 1.78 bits per heavy atom. The van der Waals surface area contributed by atoms with Gasteiger partial charge in [-0.05, 0) is 6.42 Å². The van der Waals surface area contributed by atoms with Crippen LogP contribution in [0, 0.1) is 5.92 Å². The first-order valence-corrected chi connectivity index (χ1v) is 3.00. The summed E-state index contributed by atoms with van der Waals surface area (Å²) in [5.41, 5.74) is 0. The van der Waals surface area contributed by atoms with Gasteiger partial charge in [0, 0.05) is 12.5 Å². The Balaban J connectivity index is 2.04. The molecule has 1 aliphatic heterocycles. The molecule has 51 valence electrons. The van der Waals surface area contributed by atoms with Gasteiger partial charge in [-0.2, -0.15) is 0 Å². The molecule has 1 saturated heterocycles. The Morgan fingerprint density at radius 3 is 3.22 bits per heavy atom. The van der Waals surface area contributed by atoms with Gasteiger partial charge in [0.1, 0.15) is 0 Å². The van der Waals surface area contributed by atoms with Crippen LogP contribution in [0.5, 0.6) is 0 Å². The van der Waals surface area contributed by atoms with Crippen LogP contribution in [0.2, 0.25) is 0 Å². The molecule has 0 spiro atoms. The lowest BCUT2D eigenvalue weighted by Gasteiger charge is -2.01. The molecule has 0 aliphatic carbocycles. The van der Waals surface area contributed by atoms with Crippen molar-refractivity contribution in [2.75, 3.05) is 19.8 Å². The van der Waals surface area contributed by atoms with Crippen molar-refractivity contribution in [1.82, 2.24) is 0 Å². The van der Waals surface area contributed by atoms with Gasteiger partial charge in [-0.15, -0.1) is 0 Å². The summed E-state index contributed by atoms with van der Waals surface area (Å²) < 4.78 is 9.48. The van der Waals surface area contributed by atoms with Crippen LogP contribution in [0.3, 0.4) is 0 Å². The molecule has 1 aliphatic rings. The van der Waals surface area contributed by atoms with Crippen molar-refractivity contribution in [3.63, 3.8) is 0 Å². The summed E-state index contributed by atoms with van der Waals surface area (Å²) in [4.78, 5) is 9.57. The molecule has 0 bridgehead atoms. The van der Waals surface area contributed by atoms with Gasteiger partial charge < -0.3 is 9.47 Å². The van der Waals surface area contributed by atoms with Crippen LogP contribution in [-0.4, -0.2) is 26.3 Å². The van der Waals surface area contributed by atoms with E-state index in [0.717, 1.165) is 19.6 Å². The Kier molecular flexibility index (Phi) is 2.51. The molecule has 0 N–H and O–H groups in total. The molecule has 1 rings (SSSR count). The average molecular weight is 129 g/mol. The van der Waals surface area contributed by atoms with Crippen molar-refractivity contribution >= 4 is 6.47 Å². The lowest BCUT2D eigenvalue weighted by Crippen LogP contribution is -2.07. The van der Waals surface area contributed by atoms with Gasteiger partial charge in [-0.25, -0.2) is 4.79 Å². The van der Waals surface area contributed by atoms with Gasteiger partial charge in [0.25, 0.3) is 0 Å². The van der Waals surface area contributed by atoms with E-state index in [2.05, 4.69) is 4.74 Å². The fourth-order valence-electron chi connectivity index (χ4n) is 0.867. The molecule has 0 amide bonds. The predicted molar refractivity (Wildman–Crippen MR) is 30.6 cm³/mol. The molecule has 1 heterocycles. The number of hydrogen-bond acceptors (Lipinski definition) is 3. The van der Waals surface area contributed by atoms with Crippen molar-refractivity contribution in [2.24, 2.45) is 5.92 Å². The number of hydrogen-bond donors (Lipinski definition) is 0. The molecule has 0 aromatic heterocycles. The van der Waals surface area contributed by atoms with Crippen LogP contribution >= 0.6 is 0 Å². The predicted octanol–water partition coefficient (Wildman–Crippen LogP) is 0.107. The topological polar surface area (TPSA) is 35.5 Å². The van der Waals surface area contributed by atoms with E-state index >= 15 is 0 Å². The third-order valence-corrected chi connectivity index (χ3v) is 1.40. The van der Waals surface area contributed by atoms with Crippen LogP contribution in [0.15, 0.2) is 0 Å². The first-order chi connectivity index (χ1) is 4.43. The van der Waals surface area contributed by atoms with E-state index < -0.39 is 0 Å². The minimum absolute atomic E-state index is 0.409. The Bertz CT molecular complexity index is 86.3. The van der Waals surface area contributed by atoms with Crippen LogP contribution in [0.25, 0.3) is 0 Å². The fourth-order valence-corrected chi connectivity index (χ4v) is 0.867. The first kappa shape index (κ1) is 6.55. The average Bonchev–Trinajstić information content (AvgIpc) is 2.34. The number of carbonyl (C=O) groups excluding carboxylic acids is 1. The minimum atomic E-state index is 0.409. The molecule has 0 aromatic carbocycles. The lowest BCUT2D eigenvalue weighted by atomic mass is 10.1. The fraction of sp³-hybridized carbons (Fsp3) is 0.833. The third kappa shape index (κ3) is 2.01. The maximum absolute atomic E-state index is 9.57. The van der Waals surface area contributed by atoms with Gasteiger partial charge in [-0.1, -0.05) is 0 Å². The molecule has 1 radical (unpaired) electrons. The van der Waals surface area contributed by atoms with Gasteiger partial charge in [0.15, 0.2) is 0 Å². The van der Waals surface area contributed by atoms with Gasteiger partial charge in [0.05, 0.1) is 13.2 Å². The van der Waals surface area contributed by atoms with E-state index in [9.17, 15) is 4.79 Å². The molecule has 1 unspecified atom stereocenters. The van der Waals surface area contributed by atoms with E-state index in [1.807, 2.05) is 0 Å². The van der Waals surface area contributed by atoms with Crippen molar-refractivity contribution < 1.29 is 14.3 Å². The molecular weight excluding hydrogens is 120 g/mol. The Morgan fingerprint density at radius 2 is 2.67 bits per heavy atom. The summed E-state index contributed by atoms with van der Waals surface area (Å²) in [7, 11) is 0. The summed E-state index contributed by atoms with van der Waals surface area (Å²) in [6, 6.07) is 0. The highest BCUT2D eigenvalue weighted by molar-refractivity contribution is 5.38. The zero-order valence-electron chi connectivity index (χ0n) is 5.13. The van der Waals surface area contributed by atoms with Crippen molar-refractivity contribution in [3.05, 3.63) is 0 Å². The van der Waals surface area contributed by atoms with Crippen molar-refractivity contribution in [3.8, 4) is 0 Å². The highest BCUT2D eigenvalue weighted by Crippen LogP contribution is 2.11. The monoisotopic (exact) mass is 129 g/mol. The highest BCUT2D eigenvalue weighted by atomic mass is 16.5. The zero-order valence-corrected chi connectivity index (χ0v) is 5.13. The summed E-state index contributed by atoms with van der Waals surface area (Å²) in [6.45, 7) is 3.37. The van der Waals surface area contributed by atoms with E-state index in [4.69, 9.17) is 4.74 Å². The SMILES string of the molecule is O=[C]OCC1CCOC1. The van der Waals surface area contributed by atoms with E-state index in [0.29, 0.717) is 12.5 Å². The normalized spacial score (nSPS) is 26.0. The van der Waals surface area contributed by atoms with E-state index in [1.165, 1.54) is 6.47 Å². The van der Waals surface area contributed by atoms with E-state index in [1.54, 1.807) is 0 Å². The molecular formula is C6H9O3. The summed E-state index contributed by atoms with van der Waals surface area (Å²) in [5.74, 6) is 0.409. The first-order valence-electron chi connectivity index (χ1n) is 3.00. The van der Waals surface area contributed by atoms with Crippen LogP contribution in [-0.2, 0) is 14.3 Å². The second-order valence-corrected chi connectivity index (χ2v) is 2.12. The maximum Gasteiger partial charge on any atom is 0.417 e. The van der Waals surface area contributed by atoms with Crippen molar-refractivity contribution in [1.29, 1.82) is 0 Å². The second-order valence-electron chi connectivity index (χ2n) is 2.12. The molecule has 3 nitrogen and oxygen atoms in total. The molecule has 1 atom stereocenters. The highest BCUT2D eigenvalue weighted by Gasteiger charge is 2.15. The second kappa shape index (κ2) is 3.45. The largest absolute Gasteiger partial charge is 0.457 e. The number of ether oxygens (including phenoxy) is 2. The molecule has 0 aromatic rings. The van der Waals surface area contributed by atoms with Crippen LogP contribution < -0.4 is 0 Å². The summed E-state index contributed by atoms with van der Waals surface area (Å²) in [5, 5.41) is 0. The quantitative estimate of drug-likeness (QED) is 0.542. The lowest BCUT2D eigenvalue weighted by molar-refractivity contribution is 0.161. The third-order valence-electron chi connectivity index (χ3n) is 1.40. The van der Waals surface area contributed by atoms with Crippen LogP contribution in [0.4, 0.5) is 0 Å². The minimum Gasteiger partial charge on any atom is -0.457 e. The van der Waals surface area contributed by atoms with Crippen LogP contribution in [0.1, 0.15) is 6.42 Å². The molecule has 0 saturated carbocycles. The van der Waals surface area contributed by atoms with Crippen molar-refractivity contribution in [2.45, 2.75) is 6.42 Å². The summed E-state index contributed by atoms with van der Waals surface area (Å²) >= 11 is 0. The number of rotatable bonds is 3. The van der Waals surface area contributed by atoms with Gasteiger partial charge in [0.2, 0.25) is 0 Å². The Labute approximate surface area is 53.9 Å². The van der Waals surface area contributed by atoms with Gasteiger partial charge in [-0.3, -0.25) is 0 Å². The molecule has 9 heavy (non-hydrogen) atoms.